The van der Waals surface area contributed by atoms with Crippen molar-refractivity contribution in [2.24, 2.45) is 4.99 Å². The van der Waals surface area contributed by atoms with Gasteiger partial charge >= 0.3 is 5.97 Å². The molecule has 0 fully saturated rings. The van der Waals surface area contributed by atoms with Crippen LogP contribution in [0.15, 0.2) is 63.8 Å². The number of ether oxygens (including phenoxy) is 1. The number of hydrogen-bond acceptors (Lipinski definition) is 7. The first-order valence-corrected chi connectivity index (χ1v) is 12.2. The van der Waals surface area contributed by atoms with Crippen molar-refractivity contribution in [2.75, 3.05) is 6.54 Å². The number of aliphatic imine (C=N–C) groups is 1. The van der Waals surface area contributed by atoms with E-state index >= 15 is 0 Å². The number of aromatic nitrogens is 1. The number of amidine groups is 1. The maximum absolute atomic E-state index is 12.1. The van der Waals surface area contributed by atoms with E-state index < -0.39 is 10.0 Å². The van der Waals surface area contributed by atoms with Crippen LogP contribution in [0.1, 0.15) is 24.1 Å². The predicted octanol–water partition coefficient (Wildman–Crippen LogP) is 4.03. The molecule has 0 spiro atoms. The minimum atomic E-state index is -3.56. The van der Waals surface area contributed by atoms with E-state index in [0.29, 0.717) is 35.1 Å². The van der Waals surface area contributed by atoms with Gasteiger partial charge in [-0.15, -0.1) is 11.3 Å². The van der Waals surface area contributed by atoms with Crippen molar-refractivity contribution >= 4 is 44.8 Å². The van der Waals surface area contributed by atoms with Gasteiger partial charge in [-0.25, -0.2) is 13.4 Å². The Kier molecular flexibility index (Phi) is 6.35. The van der Waals surface area contributed by atoms with Crippen molar-refractivity contribution in [3.63, 3.8) is 0 Å². The molecule has 1 N–H and O–H groups in total. The Morgan fingerprint density at radius 3 is 2.68 bits per heavy atom. The van der Waals surface area contributed by atoms with Crippen molar-refractivity contribution in [1.29, 1.82) is 0 Å². The summed E-state index contributed by atoms with van der Waals surface area (Å²) < 4.78 is 31.8. The summed E-state index contributed by atoms with van der Waals surface area (Å²) in [7, 11) is -3.56. The molecule has 2 heterocycles. The quantitative estimate of drug-likeness (QED) is 0.411. The van der Waals surface area contributed by atoms with Gasteiger partial charge in [-0.3, -0.25) is 14.5 Å². The Morgan fingerprint density at radius 2 is 1.87 bits per heavy atom. The summed E-state index contributed by atoms with van der Waals surface area (Å²) >= 11 is 7.63. The average Bonchev–Trinajstić information content (AvgIpc) is 3.33. The molecule has 7 nitrogen and oxygen atoms in total. The van der Waals surface area contributed by atoms with Crippen molar-refractivity contribution in [3.05, 3.63) is 70.2 Å². The van der Waals surface area contributed by atoms with E-state index in [1.54, 1.807) is 24.3 Å². The normalized spacial score (nSPS) is 15.5. The van der Waals surface area contributed by atoms with Crippen LogP contribution in [-0.4, -0.2) is 31.8 Å². The molecule has 2 aromatic carbocycles. The fourth-order valence-corrected chi connectivity index (χ4v) is 5.40. The van der Waals surface area contributed by atoms with Gasteiger partial charge in [0.15, 0.2) is 0 Å². The van der Waals surface area contributed by atoms with Crippen molar-refractivity contribution in [3.8, 4) is 10.6 Å². The van der Waals surface area contributed by atoms with Crippen LogP contribution in [0.4, 0.5) is 0 Å². The first-order chi connectivity index (χ1) is 14.9. The number of thiazole rings is 1. The maximum atomic E-state index is 12.1. The van der Waals surface area contributed by atoms with E-state index in [4.69, 9.17) is 16.3 Å². The third-order valence-electron chi connectivity index (χ3n) is 4.51. The second-order valence-corrected chi connectivity index (χ2v) is 9.64. The number of fused-ring (bicyclic) bond motifs is 1. The Balaban J connectivity index is 1.26. The number of esters is 1. The van der Waals surface area contributed by atoms with Gasteiger partial charge in [-0.05, 0) is 24.6 Å². The first kappa shape index (κ1) is 21.5. The lowest BCUT2D eigenvalue weighted by molar-refractivity contribution is -0.145. The molecule has 1 aromatic heterocycles. The Bertz CT molecular complexity index is 1250. The molecule has 0 amide bonds. The molecule has 0 saturated carbocycles. The number of benzene rings is 2. The van der Waals surface area contributed by atoms with Gasteiger partial charge in [0, 0.05) is 29.5 Å². The molecule has 0 atom stereocenters. The Labute approximate surface area is 188 Å². The van der Waals surface area contributed by atoms with Gasteiger partial charge < -0.3 is 4.74 Å². The van der Waals surface area contributed by atoms with Crippen LogP contribution in [0.25, 0.3) is 10.6 Å². The lowest BCUT2D eigenvalue weighted by Crippen LogP contribution is -2.22. The molecule has 0 radical (unpaired) electrons. The highest BCUT2D eigenvalue weighted by Gasteiger charge is 2.29. The molecular formula is C21H18ClN3O4S2. The monoisotopic (exact) mass is 475 g/mol. The van der Waals surface area contributed by atoms with Crippen molar-refractivity contribution < 1.29 is 17.9 Å². The highest BCUT2D eigenvalue weighted by Crippen LogP contribution is 2.30. The molecule has 4 rings (SSSR count). The topological polar surface area (TPSA) is 97.7 Å². The third kappa shape index (κ3) is 4.95. The highest BCUT2D eigenvalue weighted by atomic mass is 35.5. The van der Waals surface area contributed by atoms with Crippen LogP contribution in [0, 0.1) is 0 Å². The fraction of sp³-hybridized carbons (Fsp3) is 0.190. The van der Waals surface area contributed by atoms with Crippen molar-refractivity contribution in [1.82, 2.24) is 9.71 Å². The van der Waals surface area contributed by atoms with Gasteiger partial charge in [0.1, 0.15) is 17.5 Å². The number of hydrogen-bond donors (Lipinski definition) is 1. The number of rotatable bonds is 7. The second-order valence-electron chi connectivity index (χ2n) is 6.72. The molecule has 3 aromatic rings. The van der Waals surface area contributed by atoms with Crippen LogP contribution in [-0.2, 0) is 26.2 Å². The predicted molar refractivity (Wildman–Crippen MR) is 120 cm³/mol. The molecule has 0 aliphatic carbocycles. The number of nitrogens with zero attached hydrogens (tertiary/aromatic N) is 2. The first-order valence-electron chi connectivity index (χ1n) is 9.45. The van der Waals surface area contributed by atoms with E-state index in [2.05, 4.69) is 14.7 Å². The molecular weight excluding hydrogens is 458 g/mol. The van der Waals surface area contributed by atoms with Crippen LogP contribution in [0.2, 0.25) is 5.02 Å². The molecule has 1 aliphatic rings. The SMILES string of the molecule is O=C(CCCN=C1NS(=O)(=O)c2ccccc21)OCc1csc(-c2ccccc2Cl)n1. The standard InChI is InChI=1S/C21H18ClN3O4S2/c22-17-8-3-1-6-15(17)21-24-14(13-30-21)12-29-19(26)10-5-11-23-20-16-7-2-4-9-18(16)31(27,28)25-20/h1-4,6-9,13H,5,10-12H2,(H,23,25). The van der Waals surface area contributed by atoms with E-state index in [9.17, 15) is 13.2 Å². The zero-order valence-corrected chi connectivity index (χ0v) is 18.6. The van der Waals surface area contributed by atoms with Crippen LogP contribution >= 0.6 is 22.9 Å². The molecule has 1 aliphatic heterocycles. The summed E-state index contributed by atoms with van der Waals surface area (Å²) in [6, 6.07) is 14.1. The zero-order valence-electron chi connectivity index (χ0n) is 16.2. The molecule has 0 unspecified atom stereocenters. The van der Waals surface area contributed by atoms with Crippen LogP contribution in [0.3, 0.4) is 0 Å². The smallest absolute Gasteiger partial charge is 0.306 e. The minimum Gasteiger partial charge on any atom is -0.459 e. The number of carbonyl (C=O) groups excluding carboxylic acids is 1. The number of nitrogens with one attached hydrogen (secondary N) is 1. The van der Waals surface area contributed by atoms with Crippen LogP contribution < -0.4 is 4.72 Å². The molecule has 160 valence electrons. The number of sulfonamides is 1. The third-order valence-corrected chi connectivity index (χ3v) is 7.16. The summed E-state index contributed by atoms with van der Waals surface area (Å²) in [5.74, 6) is -0.0570. The second kappa shape index (κ2) is 9.17. The largest absolute Gasteiger partial charge is 0.459 e. The maximum Gasteiger partial charge on any atom is 0.306 e. The van der Waals surface area contributed by atoms with E-state index in [1.165, 1.54) is 17.4 Å². The fourth-order valence-electron chi connectivity index (χ4n) is 3.02. The number of carbonyl (C=O) groups is 1. The van der Waals surface area contributed by atoms with Gasteiger partial charge in [0.25, 0.3) is 10.0 Å². The van der Waals surface area contributed by atoms with E-state index in [0.717, 1.165) is 10.6 Å². The van der Waals surface area contributed by atoms with Gasteiger partial charge in [0.2, 0.25) is 0 Å². The summed E-state index contributed by atoms with van der Waals surface area (Å²) in [6.45, 7) is 0.385. The van der Waals surface area contributed by atoms with Gasteiger partial charge in [-0.2, -0.15) is 0 Å². The van der Waals surface area contributed by atoms with Gasteiger partial charge in [0.05, 0.1) is 15.6 Å². The van der Waals surface area contributed by atoms with Crippen LogP contribution in [0.5, 0.6) is 0 Å². The van der Waals surface area contributed by atoms with Gasteiger partial charge in [-0.1, -0.05) is 41.9 Å². The van der Waals surface area contributed by atoms with E-state index in [1.807, 2.05) is 23.6 Å². The molecule has 10 heteroatoms. The Hall–Kier alpha value is -2.75. The summed E-state index contributed by atoms with van der Waals surface area (Å²) in [4.78, 5) is 21.0. The molecule has 0 bridgehead atoms. The van der Waals surface area contributed by atoms with E-state index in [-0.39, 0.29) is 23.9 Å². The highest BCUT2D eigenvalue weighted by molar-refractivity contribution is 7.90. The minimum absolute atomic E-state index is 0.0848. The summed E-state index contributed by atoms with van der Waals surface area (Å²) in [5, 5.41) is 3.22. The average molecular weight is 476 g/mol. The summed E-state index contributed by atoms with van der Waals surface area (Å²) in [5.41, 5.74) is 2.04. The Morgan fingerprint density at radius 1 is 1.13 bits per heavy atom. The lowest BCUT2D eigenvalue weighted by atomic mass is 10.2. The zero-order chi connectivity index (χ0) is 21.8. The molecule has 31 heavy (non-hydrogen) atoms. The summed E-state index contributed by atoms with van der Waals surface area (Å²) in [6.07, 6.45) is 0.612. The lowest BCUT2D eigenvalue weighted by Gasteiger charge is -2.03. The number of halogens is 1. The van der Waals surface area contributed by atoms with Crippen molar-refractivity contribution in [2.45, 2.75) is 24.3 Å². The molecule has 0 saturated heterocycles.